The second kappa shape index (κ2) is 9.51. The molecule has 2 saturated heterocycles. The lowest BCUT2D eigenvalue weighted by atomic mass is 9.84. The number of aromatic nitrogens is 1. The van der Waals surface area contributed by atoms with Gasteiger partial charge in [0.2, 0.25) is 5.91 Å². The zero-order valence-corrected chi connectivity index (χ0v) is 20.3. The molecule has 0 radical (unpaired) electrons. The summed E-state index contributed by atoms with van der Waals surface area (Å²) in [4.78, 5) is 27.2. The fourth-order valence-electron chi connectivity index (χ4n) is 5.78. The number of hydrogen-bond acceptors (Lipinski definition) is 5. The summed E-state index contributed by atoms with van der Waals surface area (Å²) in [5.74, 6) is 1.16. The summed E-state index contributed by atoms with van der Waals surface area (Å²) in [6, 6.07) is 9.57. The van der Waals surface area contributed by atoms with Crippen LogP contribution in [-0.2, 0) is 4.79 Å². The van der Waals surface area contributed by atoms with E-state index in [0.29, 0.717) is 36.2 Å². The lowest BCUT2D eigenvalue weighted by Gasteiger charge is -2.40. The molecule has 0 saturated carbocycles. The lowest BCUT2D eigenvalue weighted by molar-refractivity contribution is -0.134. The fraction of sp³-hybridized carbons (Fsp3) is 0.593. The number of amides is 1. The van der Waals surface area contributed by atoms with Crippen molar-refractivity contribution in [3.05, 3.63) is 41.6 Å². The third-order valence-corrected chi connectivity index (χ3v) is 7.92. The van der Waals surface area contributed by atoms with Crippen LogP contribution in [0, 0.1) is 5.92 Å². The van der Waals surface area contributed by atoms with Crippen molar-refractivity contribution in [3.8, 4) is 0 Å². The van der Waals surface area contributed by atoms with Crippen LogP contribution in [0.25, 0.3) is 10.9 Å². The average molecular weight is 448 g/mol. The Labute approximate surface area is 197 Å². The summed E-state index contributed by atoms with van der Waals surface area (Å²) in [6.45, 7) is 9.20. The lowest BCUT2D eigenvalue weighted by Crippen LogP contribution is -2.50. The Morgan fingerprint density at radius 2 is 1.97 bits per heavy atom. The van der Waals surface area contributed by atoms with E-state index < -0.39 is 0 Å². The summed E-state index contributed by atoms with van der Waals surface area (Å²) < 4.78 is 0. The Bertz CT molecular complexity index is 1040. The van der Waals surface area contributed by atoms with Gasteiger partial charge in [-0.25, -0.2) is 0 Å². The van der Waals surface area contributed by atoms with E-state index in [-0.39, 0.29) is 0 Å². The predicted molar refractivity (Wildman–Crippen MR) is 134 cm³/mol. The first kappa shape index (κ1) is 22.5. The second-order valence-electron chi connectivity index (χ2n) is 10.4. The normalized spacial score (nSPS) is 24.4. The number of carbonyl (C=O) groups is 1. The first-order valence-electron chi connectivity index (χ1n) is 12.6. The highest BCUT2D eigenvalue weighted by Gasteiger charge is 2.33. The molecular formula is C27H37N5O. The van der Waals surface area contributed by atoms with Crippen molar-refractivity contribution >= 4 is 22.5 Å². The molecule has 4 heterocycles. The van der Waals surface area contributed by atoms with Crippen molar-refractivity contribution < 1.29 is 4.79 Å². The molecule has 6 nitrogen and oxygen atoms in total. The Kier molecular flexibility index (Phi) is 6.48. The first-order chi connectivity index (χ1) is 16.0. The summed E-state index contributed by atoms with van der Waals surface area (Å²) >= 11 is 0. The van der Waals surface area contributed by atoms with Gasteiger partial charge in [0.25, 0.3) is 0 Å². The van der Waals surface area contributed by atoms with Gasteiger partial charge >= 0.3 is 0 Å². The smallest absolute Gasteiger partial charge is 0.222 e. The van der Waals surface area contributed by atoms with E-state index in [1.807, 2.05) is 19.3 Å². The highest BCUT2D eigenvalue weighted by Crippen LogP contribution is 2.35. The standard InChI is InChI=1S/C27H37N5O/c1-18(2)31-11-8-19(9-12-31)13-26(33)32-16-20(14-21(17-32)28-3)22-6-7-24(25-15-30-25)27-23(22)5-4-10-29-27/h4-7,10,18-21,28H,8-9,11-17H2,1-3H3/t20?,21-/m0/s1. The maximum Gasteiger partial charge on any atom is 0.222 e. The monoisotopic (exact) mass is 447 g/mol. The first-order valence-corrected chi connectivity index (χ1v) is 12.6. The summed E-state index contributed by atoms with van der Waals surface area (Å²) in [6.07, 6.45) is 5.88. The molecule has 1 aromatic heterocycles. The number of likely N-dealkylation sites (N-methyl/N-ethyl adjacent to an activating group) is 1. The number of nitrogens with one attached hydrogen (secondary N) is 1. The van der Waals surface area contributed by atoms with Gasteiger partial charge in [0, 0.05) is 54.7 Å². The van der Waals surface area contributed by atoms with Crippen LogP contribution in [0.5, 0.6) is 0 Å². The molecule has 5 rings (SSSR count). The van der Waals surface area contributed by atoms with Crippen molar-refractivity contribution in [1.82, 2.24) is 20.1 Å². The maximum atomic E-state index is 13.4. The highest BCUT2D eigenvalue weighted by molar-refractivity contribution is 6.17. The number of benzene rings is 1. The van der Waals surface area contributed by atoms with Crippen LogP contribution in [0.4, 0.5) is 0 Å². The molecule has 176 valence electrons. The van der Waals surface area contributed by atoms with Crippen LogP contribution < -0.4 is 5.32 Å². The SMILES string of the molecule is CN[C@H]1CC(c2ccc(C3=NC3)c3ncccc23)CN(C(=O)CC2CCN(C(C)C)CC2)C1. The van der Waals surface area contributed by atoms with Crippen molar-refractivity contribution in [2.75, 3.05) is 39.8 Å². The van der Waals surface area contributed by atoms with Gasteiger partial charge in [-0.15, -0.1) is 0 Å². The number of carbonyl (C=O) groups excluding carboxylic acids is 1. The number of aliphatic imine (C=N–C) groups is 1. The fourth-order valence-corrected chi connectivity index (χ4v) is 5.78. The van der Waals surface area contributed by atoms with E-state index in [4.69, 9.17) is 4.98 Å². The second-order valence-corrected chi connectivity index (χ2v) is 10.4. The van der Waals surface area contributed by atoms with Gasteiger partial charge in [0.15, 0.2) is 0 Å². The molecule has 3 aliphatic rings. The number of piperidine rings is 2. The van der Waals surface area contributed by atoms with E-state index in [9.17, 15) is 4.79 Å². The Hall–Kier alpha value is -2.31. The highest BCUT2D eigenvalue weighted by atomic mass is 16.2. The number of rotatable bonds is 6. The van der Waals surface area contributed by atoms with Crippen LogP contribution in [0.3, 0.4) is 0 Å². The van der Waals surface area contributed by atoms with Gasteiger partial charge in [-0.2, -0.15) is 0 Å². The largest absolute Gasteiger partial charge is 0.341 e. The molecule has 2 aromatic rings. The van der Waals surface area contributed by atoms with E-state index >= 15 is 0 Å². The van der Waals surface area contributed by atoms with Crippen molar-refractivity contribution in [2.45, 2.75) is 57.5 Å². The van der Waals surface area contributed by atoms with E-state index in [1.54, 1.807) is 0 Å². The van der Waals surface area contributed by atoms with Crippen molar-refractivity contribution in [2.24, 2.45) is 10.9 Å². The Morgan fingerprint density at radius 3 is 2.67 bits per heavy atom. The summed E-state index contributed by atoms with van der Waals surface area (Å²) in [5, 5.41) is 4.67. The van der Waals surface area contributed by atoms with Gasteiger partial charge in [0.05, 0.1) is 17.8 Å². The van der Waals surface area contributed by atoms with Gasteiger partial charge in [-0.05, 0) is 70.8 Å². The Balaban J connectivity index is 1.32. The predicted octanol–water partition coefficient (Wildman–Crippen LogP) is 3.45. The Morgan fingerprint density at radius 1 is 1.18 bits per heavy atom. The molecule has 6 heteroatoms. The van der Waals surface area contributed by atoms with Crippen LogP contribution >= 0.6 is 0 Å². The summed E-state index contributed by atoms with van der Waals surface area (Å²) in [5.41, 5.74) is 4.68. The number of pyridine rings is 1. The zero-order valence-electron chi connectivity index (χ0n) is 20.3. The third-order valence-electron chi connectivity index (χ3n) is 7.92. The van der Waals surface area contributed by atoms with E-state index in [0.717, 1.165) is 68.8 Å². The quantitative estimate of drug-likeness (QED) is 0.737. The molecule has 0 bridgehead atoms. The molecule has 0 spiro atoms. The zero-order chi connectivity index (χ0) is 22.9. The van der Waals surface area contributed by atoms with Crippen LogP contribution in [0.1, 0.15) is 56.6 Å². The van der Waals surface area contributed by atoms with Crippen LogP contribution in [0.15, 0.2) is 35.5 Å². The molecule has 33 heavy (non-hydrogen) atoms. The molecule has 2 atom stereocenters. The average Bonchev–Trinajstić information content (AvgIpc) is 3.68. The molecule has 0 aliphatic carbocycles. The molecule has 1 aromatic carbocycles. The minimum Gasteiger partial charge on any atom is -0.341 e. The van der Waals surface area contributed by atoms with Crippen LogP contribution in [-0.4, -0.2) is 78.3 Å². The number of nitrogens with zero attached hydrogens (tertiary/aromatic N) is 4. The van der Waals surface area contributed by atoms with E-state index in [2.05, 4.69) is 52.2 Å². The minimum absolute atomic E-state index is 0.310. The molecule has 2 fully saturated rings. The number of likely N-dealkylation sites (tertiary alicyclic amines) is 2. The topological polar surface area (TPSA) is 60.8 Å². The molecular weight excluding hydrogens is 410 g/mol. The summed E-state index contributed by atoms with van der Waals surface area (Å²) in [7, 11) is 2.02. The number of hydrogen-bond donors (Lipinski definition) is 1. The molecule has 3 aliphatic heterocycles. The molecule has 1 amide bonds. The number of fused-ring (bicyclic) bond motifs is 1. The van der Waals surface area contributed by atoms with E-state index in [1.165, 1.54) is 10.9 Å². The van der Waals surface area contributed by atoms with Gasteiger partial charge in [-0.3, -0.25) is 14.8 Å². The van der Waals surface area contributed by atoms with Crippen molar-refractivity contribution in [1.29, 1.82) is 0 Å². The van der Waals surface area contributed by atoms with Gasteiger partial charge < -0.3 is 15.1 Å². The van der Waals surface area contributed by atoms with Gasteiger partial charge in [0.1, 0.15) is 0 Å². The van der Waals surface area contributed by atoms with Crippen molar-refractivity contribution in [3.63, 3.8) is 0 Å². The molecule has 1 N–H and O–H groups in total. The van der Waals surface area contributed by atoms with Gasteiger partial charge in [-0.1, -0.05) is 18.2 Å². The molecule has 1 unspecified atom stereocenters. The minimum atomic E-state index is 0.310. The maximum absolute atomic E-state index is 13.4. The van der Waals surface area contributed by atoms with Crippen LogP contribution in [0.2, 0.25) is 0 Å². The third kappa shape index (κ3) is 4.82.